The number of aromatic nitrogens is 1. The zero-order valence-corrected chi connectivity index (χ0v) is 18.3. The maximum Gasteiger partial charge on any atom is 0.252 e. The molecule has 0 bridgehead atoms. The van der Waals surface area contributed by atoms with Gasteiger partial charge in [0, 0.05) is 18.3 Å². The van der Waals surface area contributed by atoms with Crippen molar-refractivity contribution in [3.8, 4) is 11.5 Å². The Labute approximate surface area is 186 Å². The number of carbonyl (C=O) groups excluding carboxylic acids is 2. The quantitative estimate of drug-likeness (QED) is 0.550. The standard InChI is InChI=1S/C25H26FN3O3/c1-16(2)23(29-24(30)20-9-5-4-7-17(20)3)25(31)28-14-18-10-11-22(21(26)13-18)32-19-8-6-12-27-15-19/h4-13,15-16,23H,14H2,1-3H3,(H,28,31)(H,29,30). The molecular weight excluding hydrogens is 409 g/mol. The summed E-state index contributed by atoms with van der Waals surface area (Å²) in [5.41, 5.74) is 1.93. The Morgan fingerprint density at radius 3 is 2.53 bits per heavy atom. The molecule has 0 saturated heterocycles. The van der Waals surface area contributed by atoms with Gasteiger partial charge in [-0.2, -0.15) is 0 Å². The van der Waals surface area contributed by atoms with Crippen molar-refractivity contribution in [3.05, 3.63) is 89.5 Å². The fraction of sp³-hybridized carbons (Fsp3) is 0.240. The Balaban J connectivity index is 1.62. The zero-order valence-electron chi connectivity index (χ0n) is 18.3. The molecule has 32 heavy (non-hydrogen) atoms. The lowest BCUT2D eigenvalue weighted by Crippen LogP contribution is -2.49. The Morgan fingerprint density at radius 1 is 1.09 bits per heavy atom. The topological polar surface area (TPSA) is 80.3 Å². The van der Waals surface area contributed by atoms with Gasteiger partial charge in [-0.25, -0.2) is 4.39 Å². The van der Waals surface area contributed by atoms with Crippen molar-refractivity contribution >= 4 is 11.8 Å². The fourth-order valence-electron chi connectivity index (χ4n) is 3.15. The van der Waals surface area contributed by atoms with E-state index in [4.69, 9.17) is 4.74 Å². The number of nitrogens with one attached hydrogen (secondary N) is 2. The van der Waals surface area contributed by atoms with Crippen LogP contribution in [0.3, 0.4) is 0 Å². The first-order chi connectivity index (χ1) is 15.3. The summed E-state index contributed by atoms with van der Waals surface area (Å²) >= 11 is 0. The van der Waals surface area contributed by atoms with Crippen LogP contribution in [0.5, 0.6) is 11.5 Å². The Hall–Kier alpha value is -3.74. The molecule has 6 nitrogen and oxygen atoms in total. The summed E-state index contributed by atoms with van der Waals surface area (Å²) in [6, 6.07) is 14.3. The number of benzene rings is 2. The number of ether oxygens (including phenoxy) is 1. The van der Waals surface area contributed by atoms with Gasteiger partial charge in [-0.05, 0) is 54.3 Å². The first kappa shape index (κ1) is 22.9. The van der Waals surface area contributed by atoms with Crippen LogP contribution in [-0.2, 0) is 11.3 Å². The third-order valence-corrected chi connectivity index (χ3v) is 4.95. The van der Waals surface area contributed by atoms with Crippen molar-refractivity contribution in [1.29, 1.82) is 0 Å². The molecule has 0 aliphatic heterocycles. The van der Waals surface area contributed by atoms with Crippen molar-refractivity contribution in [1.82, 2.24) is 15.6 Å². The van der Waals surface area contributed by atoms with Gasteiger partial charge in [0.05, 0.1) is 6.20 Å². The summed E-state index contributed by atoms with van der Waals surface area (Å²) in [7, 11) is 0. The van der Waals surface area contributed by atoms with E-state index in [0.29, 0.717) is 16.9 Å². The van der Waals surface area contributed by atoms with Crippen LogP contribution >= 0.6 is 0 Å². The molecule has 7 heteroatoms. The molecule has 0 radical (unpaired) electrons. The maximum atomic E-state index is 14.4. The Bertz CT molecular complexity index is 1090. The highest BCUT2D eigenvalue weighted by atomic mass is 19.1. The van der Waals surface area contributed by atoms with Crippen LogP contribution in [0.1, 0.15) is 35.3 Å². The predicted molar refractivity (Wildman–Crippen MR) is 120 cm³/mol. The average Bonchev–Trinajstić information content (AvgIpc) is 2.78. The van der Waals surface area contributed by atoms with Crippen LogP contribution in [0, 0.1) is 18.7 Å². The molecule has 0 saturated carbocycles. The second kappa shape index (κ2) is 10.5. The van der Waals surface area contributed by atoms with Crippen LogP contribution in [0.2, 0.25) is 0 Å². The number of aryl methyl sites for hydroxylation is 1. The molecule has 1 aromatic heterocycles. The molecule has 3 aromatic rings. The molecule has 0 aliphatic carbocycles. The summed E-state index contributed by atoms with van der Waals surface area (Å²) in [5, 5.41) is 5.58. The van der Waals surface area contributed by atoms with Gasteiger partial charge in [0.25, 0.3) is 5.91 Å². The summed E-state index contributed by atoms with van der Waals surface area (Å²) in [4.78, 5) is 29.3. The van der Waals surface area contributed by atoms with Crippen molar-refractivity contribution < 1.29 is 18.7 Å². The molecule has 2 aromatic carbocycles. The highest BCUT2D eigenvalue weighted by molar-refractivity contribution is 5.98. The number of rotatable bonds is 8. The largest absolute Gasteiger partial charge is 0.453 e. The third-order valence-electron chi connectivity index (χ3n) is 4.95. The number of pyridine rings is 1. The van der Waals surface area contributed by atoms with Crippen molar-refractivity contribution in [2.75, 3.05) is 0 Å². The van der Waals surface area contributed by atoms with Crippen LogP contribution in [0.4, 0.5) is 4.39 Å². The second-order valence-electron chi connectivity index (χ2n) is 7.78. The van der Waals surface area contributed by atoms with E-state index in [1.807, 2.05) is 32.9 Å². The van der Waals surface area contributed by atoms with Gasteiger partial charge in [-0.15, -0.1) is 0 Å². The monoisotopic (exact) mass is 435 g/mol. The lowest BCUT2D eigenvalue weighted by molar-refractivity contribution is -0.124. The molecule has 0 spiro atoms. The molecular formula is C25H26FN3O3. The molecule has 0 fully saturated rings. The first-order valence-corrected chi connectivity index (χ1v) is 10.4. The van der Waals surface area contributed by atoms with E-state index in [9.17, 15) is 14.0 Å². The zero-order chi connectivity index (χ0) is 23.1. The molecule has 3 rings (SSSR count). The summed E-state index contributed by atoms with van der Waals surface area (Å²) in [5.74, 6) is -0.822. The average molecular weight is 435 g/mol. The summed E-state index contributed by atoms with van der Waals surface area (Å²) in [6.45, 7) is 5.67. The minimum absolute atomic E-state index is 0.0682. The van der Waals surface area contributed by atoms with Crippen LogP contribution in [-0.4, -0.2) is 22.8 Å². The van der Waals surface area contributed by atoms with E-state index in [-0.39, 0.29) is 30.0 Å². The van der Waals surface area contributed by atoms with Gasteiger partial charge >= 0.3 is 0 Å². The lowest BCUT2D eigenvalue weighted by atomic mass is 10.0. The van der Waals surface area contributed by atoms with Gasteiger partial charge < -0.3 is 15.4 Å². The lowest BCUT2D eigenvalue weighted by Gasteiger charge is -2.22. The smallest absolute Gasteiger partial charge is 0.252 e. The molecule has 1 atom stereocenters. The number of hydrogen-bond acceptors (Lipinski definition) is 4. The SMILES string of the molecule is Cc1ccccc1C(=O)NC(C(=O)NCc1ccc(Oc2cccnc2)c(F)c1)C(C)C. The number of carbonyl (C=O) groups is 2. The normalized spacial score (nSPS) is 11.7. The number of hydrogen-bond donors (Lipinski definition) is 2. The Kier molecular flexibility index (Phi) is 7.54. The van der Waals surface area contributed by atoms with E-state index in [2.05, 4.69) is 15.6 Å². The van der Waals surface area contributed by atoms with Crippen molar-refractivity contribution in [2.24, 2.45) is 5.92 Å². The van der Waals surface area contributed by atoms with Gasteiger partial charge in [-0.1, -0.05) is 38.1 Å². The number of nitrogens with zero attached hydrogens (tertiary/aromatic N) is 1. The van der Waals surface area contributed by atoms with Crippen molar-refractivity contribution in [2.45, 2.75) is 33.4 Å². The molecule has 2 N–H and O–H groups in total. The Morgan fingerprint density at radius 2 is 1.88 bits per heavy atom. The van der Waals surface area contributed by atoms with E-state index in [0.717, 1.165) is 5.56 Å². The summed E-state index contributed by atoms with van der Waals surface area (Å²) < 4.78 is 19.9. The maximum absolute atomic E-state index is 14.4. The molecule has 1 heterocycles. The number of amides is 2. The van der Waals surface area contributed by atoms with Gasteiger partial charge in [0.15, 0.2) is 11.6 Å². The fourth-order valence-corrected chi connectivity index (χ4v) is 3.15. The highest BCUT2D eigenvalue weighted by Crippen LogP contribution is 2.24. The molecule has 1 unspecified atom stereocenters. The van der Waals surface area contributed by atoms with Crippen LogP contribution in [0.25, 0.3) is 0 Å². The van der Waals surface area contributed by atoms with Gasteiger partial charge in [0.1, 0.15) is 11.8 Å². The van der Waals surface area contributed by atoms with Crippen LogP contribution < -0.4 is 15.4 Å². The first-order valence-electron chi connectivity index (χ1n) is 10.4. The third kappa shape index (κ3) is 5.91. The summed E-state index contributed by atoms with van der Waals surface area (Å²) in [6.07, 6.45) is 3.09. The minimum atomic E-state index is -0.722. The van der Waals surface area contributed by atoms with Gasteiger partial charge in [0.2, 0.25) is 5.91 Å². The van der Waals surface area contributed by atoms with E-state index < -0.39 is 11.9 Å². The van der Waals surface area contributed by atoms with E-state index >= 15 is 0 Å². The predicted octanol–water partition coefficient (Wildman–Crippen LogP) is 4.39. The molecule has 0 aliphatic rings. The minimum Gasteiger partial charge on any atom is -0.453 e. The molecule has 2 amide bonds. The number of halogens is 1. The van der Waals surface area contributed by atoms with E-state index in [1.54, 1.807) is 36.5 Å². The highest BCUT2D eigenvalue weighted by Gasteiger charge is 2.25. The van der Waals surface area contributed by atoms with E-state index in [1.165, 1.54) is 18.3 Å². The second-order valence-corrected chi connectivity index (χ2v) is 7.78. The van der Waals surface area contributed by atoms with Crippen molar-refractivity contribution in [3.63, 3.8) is 0 Å². The van der Waals surface area contributed by atoms with Gasteiger partial charge in [-0.3, -0.25) is 14.6 Å². The van der Waals surface area contributed by atoms with Crippen LogP contribution in [0.15, 0.2) is 67.0 Å². The molecule has 166 valence electrons.